The highest BCUT2D eigenvalue weighted by molar-refractivity contribution is 9.09. The van der Waals surface area contributed by atoms with Crippen LogP contribution in [-0.2, 0) is 5.41 Å². The zero-order valence-electron chi connectivity index (χ0n) is 10.2. The maximum absolute atomic E-state index is 3.79. The molecule has 0 unspecified atom stereocenters. The van der Waals surface area contributed by atoms with Crippen molar-refractivity contribution in [3.63, 3.8) is 0 Å². The first-order valence-corrected chi connectivity index (χ1v) is 8.63. The normalized spacial score (nSPS) is 16.9. The number of thiophene rings is 2. The van der Waals surface area contributed by atoms with Crippen LogP contribution in [0.5, 0.6) is 0 Å². The minimum absolute atomic E-state index is 0.137. The van der Waals surface area contributed by atoms with Crippen molar-refractivity contribution in [2.45, 2.75) is 26.2 Å². The summed E-state index contributed by atoms with van der Waals surface area (Å²) in [5.41, 5.74) is 3.40. The standard InChI is InChI=1S/C14H15BrS2/c1-13(2,3)14(8-15)9-4-6-16-11(9)12-10(14)5-7-17-12/h4-7H,8H2,1-3H3. The summed E-state index contributed by atoms with van der Waals surface area (Å²) in [7, 11) is 0. The van der Waals surface area contributed by atoms with Crippen molar-refractivity contribution >= 4 is 38.6 Å². The Kier molecular flexibility index (Phi) is 2.59. The third-order valence-electron chi connectivity index (χ3n) is 3.94. The molecule has 1 aliphatic carbocycles. The molecule has 0 radical (unpaired) electrons. The van der Waals surface area contributed by atoms with Gasteiger partial charge in [-0.2, -0.15) is 0 Å². The fraction of sp³-hybridized carbons (Fsp3) is 0.429. The molecule has 90 valence electrons. The van der Waals surface area contributed by atoms with E-state index < -0.39 is 0 Å². The lowest BCUT2D eigenvalue weighted by atomic mass is 9.63. The minimum Gasteiger partial charge on any atom is -0.143 e. The molecule has 0 amide bonds. The number of alkyl halides is 1. The van der Waals surface area contributed by atoms with Crippen molar-refractivity contribution < 1.29 is 0 Å². The van der Waals surface area contributed by atoms with E-state index in [-0.39, 0.29) is 10.8 Å². The second kappa shape index (κ2) is 3.69. The summed E-state index contributed by atoms with van der Waals surface area (Å²) < 4.78 is 0. The molecule has 0 saturated carbocycles. The van der Waals surface area contributed by atoms with Crippen molar-refractivity contribution in [2.24, 2.45) is 5.41 Å². The lowest BCUT2D eigenvalue weighted by Crippen LogP contribution is -2.40. The van der Waals surface area contributed by atoms with E-state index in [2.05, 4.69) is 59.6 Å². The van der Waals surface area contributed by atoms with Crippen LogP contribution in [0.25, 0.3) is 9.75 Å². The summed E-state index contributed by atoms with van der Waals surface area (Å²) in [4.78, 5) is 2.98. The molecule has 2 aromatic heterocycles. The molecule has 0 aliphatic heterocycles. The van der Waals surface area contributed by atoms with Crippen LogP contribution < -0.4 is 0 Å². The second-order valence-electron chi connectivity index (χ2n) is 5.62. The van der Waals surface area contributed by atoms with E-state index in [1.165, 1.54) is 20.9 Å². The Morgan fingerprint density at radius 1 is 1.06 bits per heavy atom. The molecule has 0 atom stereocenters. The monoisotopic (exact) mass is 326 g/mol. The average molecular weight is 327 g/mol. The Bertz CT molecular complexity index is 517. The third kappa shape index (κ3) is 1.33. The zero-order valence-corrected chi connectivity index (χ0v) is 13.4. The molecule has 2 aromatic rings. The van der Waals surface area contributed by atoms with E-state index in [1.54, 1.807) is 0 Å². The quantitative estimate of drug-likeness (QED) is 0.605. The predicted molar refractivity (Wildman–Crippen MR) is 81.7 cm³/mol. The van der Waals surface area contributed by atoms with Gasteiger partial charge in [0.15, 0.2) is 0 Å². The molecule has 0 nitrogen and oxygen atoms in total. The molecule has 0 spiro atoms. The van der Waals surface area contributed by atoms with Gasteiger partial charge >= 0.3 is 0 Å². The molecule has 1 aliphatic rings. The molecular weight excluding hydrogens is 312 g/mol. The van der Waals surface area contributed by atoms with Crippen molar-refractivity contribution in [1.29, 1.82) is 0 Å². The Morgan fingerprint density at radius 2 is 1.53 bits per heavy atom. The number of hydrogen-bond acceptors (Lipinski definition) is 2. The van der Waals surface area contributed by atoms with Gasteiger partial charge in [0.1, 0.15) is 0 Å². The predicted octanol–water partition coefficient (Wildman–Crippen LogP) is 5.52. The Hall–Kier alpha value is -0.120. The summed E-state index contributed by atoms with van der Waals surface area (Å²) in [5, 5.41) is 5.46. The van der Waals surface area contributed by atoms with Crippen LogP contribution >= 0.6 is 38.6 Å². The highest BCUT2D eigenvalue weighted by Gasteiger charge is 2.51. The van der Waals surface area contributed by atoms with Gasteiger partial charge in [-0.3, -0.25) is 0 Å². The van der Waals surface area contributed by atoms with Crippen LogP contribution in [0.15, 0.2) is 22.9 Å². The Morgan fingerprint density at radius 3 is 1.88 bits per heavy atom. The molecule has 0 bridgehead atoms. The molecule has 2 heterocycles. The molecule has 0 N–H and O–H groups in total. The fourth-order valence-electron chi connectivity index (χ4n) is 2.94. The van der Waals surface area contributed by atoms with E-state index in [0.717, 1.165) is 5.33 Å². The Balaban J connectivity index is 2.39. The van der Waals surface area contributed by atoms with Crippen LogP contribution in [0.4, 0.5) is 0 Å². The van der Waals surface area contributed by atoms with Gasteiger partial charge in [-0.05, 0) is 39.4 Å². The summed E-state index contributed by atoms with van der Waals surface area (Å²) >= 11 is 7.55. The highest BCUT2D eigenvalue weighted by Crippen LogP contribution is 2.60. The minimum atomic E-state index is 0.137. The molecule has 0 aromatic carbocycles. The lowest BCUT2D eigenvalue weighted by molar-refractivity contribution is 0.262. The highest BCUT2D eigenvalue weighted by atomic mass is 79.9. The van der Waals surface area contributed by atoms with Gasteiger partial charge in [0.05, 0.1) is 0 Å². The summed E-state index contributed by atoms with van der Waals surface area (Å²) in [6, 6.07) is 4.64. The van der Waals surface area contributed by atoms with E-state index in [4.69, 9.17) is 0 Å². The SMILES string of the molecule is CC(C)(C)C1(CBr)c2ccsc2-c2sccc21. The van der Waals surface area contributed by atoms with Gasteiger partial charge in [-0.15, -0.1) is 22.7 Å². The smallest absolute Gasteiger partial charge is 0.0487 e. The van der Waals surface area contributed by atoms with Crippen LogP contribution in [0.2, 0.25) is 0 Å². The molecule has 0 saturated heterocycles. The van der Waals surface area contributed by atoms with Gasteiger partial charge in [0.2, 0.25) is 0 Å². The topological polar surface area (TPSA) is 0 Å². The Labute approximate surface area is 119 Å². The molecular formula is C14H15BrS2. The van der Waals surface area contributed by atoms with Gasteiger partial charge in [0.25, 0.3) is 0 Å². The zero-order chi connectivity index (χ0) is 12.3. The first kappa shape index (κ1) is 11.9. The maximum Gasteiger partial charge on any atom is 0.0487 e. The van der Waals surface area contributed by atoms with Crippen molar-refractivity contribution in [1.82, 2.24) is 0 Å². The summed E-state index contributed by atoms with van der Waals surface area (Å²) in [6.45, 7) is 7.05. The summed E-state index contributed by atoms with van der Waals surface area (Å²) in [6.07, 6.45) is 0. The maximum atomic E-state index is 3.79. The van der Waals surface area contributed by atoms with Crippen molar-refractivity contribution in [3.05, 3.63) is 34.0 Å². The molecule has 17 heavy (non-hydrogen) atoms. The van der Waals surface area contributed by atoms with Crippen LogP contribution in [0.1, 0.15) is 31.9 Å². The number of hydrogen-bond donors (Lipinski definition) is 0. The first-order chi connectivity index (χ1) is 8.02. The third-order valence-corrected chi connectivity index (χ3v) is 6.77. The van der Waals surface area contributed by atoms with Gasteiger partial charge in [-0.1, -0.05) is 36.7 Å². The van der Waals surface area contributed by atoms with E-state index >= 15 is 0 Å². The van der Waals surface area contributed by atoms with Crippen molar-refractivity contribution in [3.8, 4) is 9.75 Å². The number of fused-ring (bicyclic) bond motifs is 3. The second-order valence-corrected chi connectivity index (χ2v) is 8.01. The fourth-order valence-corrected chi connectivity index (χ4v) is 6.53. The average Bonchev–Trinajstić information content (AvgIpc) is 2.85. The number of rotatable bonds is 1. The van der Waals surface area contributed by atoms with Crippen LogP contribution in [-0.4, -0.2) is 5.33 Å². The van der Waals surface area contributed by atoms with Gasteiger partial charge in [0, 0.05) is 20.5 Å². The van der Waals surface area contributed by atoms with E-state index in [0.29, 0.717) is 0 Å². The van der Waals surface area contributed by atoms with Gasteiger partial charge in [-0.25, -0.2) is 0 Å². The first-order valence-electron chi connectivity index (χ1n) is 5.74. The van der Waals surface area contributed by atoms with Crippen molar-refractivity contribution in [2.75, 3.05) is 5.33 Å². The van der Waals surface area contributed by atoms with E-state index in [9.17, 15) is 0 Å². The lowest BCUT2D eigenvalue weighted by Gasteiger charge is -2.41. The molecule has 0 fully saturated rings. The van der Waals surface area contributed by atoms with Crippen LogP contribution in [0.3, 0.4) is 0 Å². The van der Waals surface area contributed by atoms with Crippen LogP contribution in [0, 0.1) is 5.41 Å². The van der Waals surface area contributed by atoms with Gasteiger partial charge < -0.3 is 0 Å². The largest absolute Gasteiger partial charge is 0.143 e. The van der Waals surface area contributed by atoms with E-state index in [1.807, 2.05) is 22.7 Å². The summed E-state index contributed by atoms with van der Waals surface area (Å²) in [5.74, 6) is 0. The molecule has 3 rings (SSSR count). The number of halogens is 1. The molecule has 3 heteroatoms.